The monoisotopic (exact) mass is 342 g/mol. The molecule has 0 aliphatic carbocycles. The highest BCUT2D eigenvalue weighted by Crippen LogP contribution is 2.19. The molecule has 0 bridgehead atoms. The molecular weight excluding hydrogens is 328 g/mol. The molecule has 1 aromatic heterocycles. The number of hydrogen-bond acceptors (Lipinski definition) is 5. The van der Waals surface area contributed by atoms with Crippen LogP contribution in [0.25, 0.3) is 11.4 Å². The van der Waals surface area contributed by atoms with Gasteiger partial charge in [0.2, 0.25) is 5.82 Å². The van der Waals surface area contributed by atoms with Crippen LogP contribution < -0.4 is 0 Å². The maximum Gasteiger partial charge on any atom is 0.338 e. The molecule has 0 saturated carbocycles. The van der Waals surface area contributed by atoms with Crippen LogP contribution in [0.4, 0.5) is 0 Å². The minimum atomic E-state index is -0.427. The fourth-order valence-electron chi connectivity index (χ4n) is 2.11. The van der Waals surface area contributed by atoms with E-state index in [2.05, 4.69) is 10.1 Å². The molecule has 0 saturated heterocycles. The van der Waals surface area contributed by atoms with Gasteiger partial charge in [-0.25, -0.2) is 4.79 Å². The fourth-order valence-corrected chi connectivity index (χ4v) is 2.23. The minimum absolute atomic E-state index is 0.0770. The van der Waals surface area contributed by atoms with Gasteiger partial charge < -0.3 is 9.26 Å². The maximum atomic E-state index is 12.1. The van der Waals surface area contributed by atoms with Crippen molar-refractivity contribution in [3.63, 3.8) is 0 Å². The van der Waals surface area contributed by atoms with Crippen LogP contribution in [0.5, 0.6) is 0 Å². The highest BCUT2D eigenvalue weighted by atomic mass is 35.5. The van der Waals surface area contributed by atoms with Gasteiger partial charge in [0.1, 0.15) is 0 Å². The normalized spacial score (nSPS) is 10.6. The molecule has 3 rings (SSSR count). The zero-order chi connectivity index (χ0) is 17.1. The van der Waals surface area contributed by atoms with Crippen molar-refractivity contribution in [2.75, 3.05) is 0 Å². The van der Waals surface area contributed by atoms with E-state index >= 15 is 0 Å². The summed E-state index contributed by atoms with van der Waals surface area (Å²) in [5, 5.41) is 4.50. The second-order valence-electron chi connectivity index (χ2n) is 5.39. The molecule has 0 unspecified atom stereocenters. The standard InChI is InChI=1S/C18H15ClN2O3/c1-11-3-4-14(9-12(11)2)18(22)23-10-16-20-17(21-24-16)13-5-7-15(19)8-6-13/h3-9H,10H2,1-2H3. The molecule has 5 nitrogen and oxygen atoms in total. The molecule has 3 aromatic rings. The first kappa shape index (κ1) is 16.2. The Bertz CT molecular complexity index is 872. The Morgan fingerprint density at radius 1 is 1.12 bits per heavy atom. The molecule has 0 aliphatic heterocycles. The first-order valence-electron chi connectivity index (χ1n) is 7.36. The Balaban J connectivity index is 1.65. The molecule has 0 spiro atoms. The number of benzene rings is 2. The smallest absolute Gasteiger partial charge is 0.338 e. The summed E-state index contributed by atoms with van der Waals surface area (Å²) < 4.78 is 10.3. The van der Waals surface area contributed by atoms with E-state index in [0.717, 1.165) is 16.7 Å². The molecule has 0 aliphatic rings. The van der Waals surface area contributed by atoms with Crippen molar-refractivity contribution in [2.24, 2.45) is 0 Å². The molecule has 0 atom stereocenters. The SMILES string of the molecule is Cc1ccc(C(=O)OCc2nc(-c3ccc(Cl)cc3)no2)cc1C. The van der Waals surface area contributed by atoms with E-state index in [1.807, 2.05) is 19.9 Å². The third-order valence-corrected chi connectivity index (χ3v) is 3.89. The van der Waals surface area contributed by atoms with Crippen LogP contribution in [0, 0.1) is 13.8 Å². The quantitative estimate of drug-likeness (QED) is 0.659. The third-order valence-electron chi connectivity index (χ3n) is 3.64. The Morgan fingerprint density at radius 3 is 2.58 bits per heavy atom. The van der Waals surface area contributed by atoms with Gasteiger partial charge in [-0.05, 0) is 61.4 Å². The molecule has 0 fully saturated rings. The predicted octanol–water partition coefficient (Wildman–Crippen LogP) is 4.36. The summed E-state index contributed by atoms with van der Waals surface area (Å²) in [5.74, 6) is 0.227. The molecule has 0 amide bonds. The van der Waals surface area contributed by atoms with Crippen LogP contribution >= 0.6 is 11.6 Å². The van der Waals surface area contributed by atoms with E-state index in [0.29, 0.717) is 16.4 Å². The van der Waals surface area contributed by atoms with E-state index in [1.54, 1.807) is 36.4 Å². The number of hydrogen-bond donors (Lipinski definition) is 0. The molecule has 1 heterocycles. The van der Waals surface area contributed by atoms with Crippen molar-refractivity contribution in [3.05, 3.63) is 70.1 Å². The first-order valence-corrected chi connectivity index (χ1v) is 7.73. The molecule has 6 heteroatoms. The number of ether oxygens (including phenoxy) is 1. The van der Waals surface area contributed by atoms with E-state index < -0.39 is 5.97 Å². The summed E-state index contributed by atoms with van der Waals surface area (Å²) in [6, 6.07) is 12.5. The van der Waals surface area contributed by atoms with Gasteiger partial charge in [0.25, 0.3) is 5.89 Å². The highest BCUT2D eigenvalue weighted by molar-refractivity contribution is 6.30. The third kappa shape index (κ3) is 3.63. The van der Waals surface area contributed by atoms with E-state index in [1.165, 1.54) is 0 Å². The number of aromatic nitrogens is 2. The minimum Gasteiger partial charge on any atom is -0.452 e. The van der Waals surface area contributed by atoms with Gasteiger partial charge in [0.15, 0.2) is 6.61 Å². The summed E-state index contributed by atoms with van der Waals surface area (Å²) >= 11 is 5.85. The van der Waals surface area contributed by atoms with Crippen molar-refractivity contribution in [2.45, 2.75) is 20.5 Å². The average Bonchev–Trinajstić information content (AvgIpc) is 3.05. The van der Waals surface area contributed by atoms with E-state index in [-0.39, 0.29) is 12.5 Å². The summed E-state index contributed by atoms with van der Waals surface area (Å²) in [6.45, 7) is 3.86. The number of esters is 1. The highest BCUT2D eigenvalue weighted by Gasteiger charge is 2.13. The van der Waals surface area contributed by atoms with Crippen molar-refractivity contribution < 1.29 is 14.1 Å². The first-order chi connectivity index (χ1) is 11.5. The molecule has 24 heavy (non-hydrogen) atoms. The molecule has 0 radical (unpaired) electrons. The Hall–Kier alpha value is -2.66. The lowest BCUT2D eigenvalue weighted by Crippen LogP contribution is -2.06. The number of carbonyl (C=O) groups excluding carboxylic acids is 1. The Kier molecular flexibility index (Phi) is 4.62. The number of rotatable bonds is 4. The predicted molar refractivity (Wildman–Crippen MR) is 89.8 cm³/mol. The fraction of sp³-hybridized carbons (Fsp3) is 0.167. The number of nitrogens with zero attached hydrogens (tertiary/aromatic N) is 2. The molecular formula is C18H15ClN2O3. The lowest BCUT2D eigenvalue weighted by atomic mass is 10.1. The number of aryl methyl sites for hydroxylation is 2. The summed E-state index contributed by atoms with van der Waals surface area (Å²) in [4.78, 5) is 16.3. The van der Waals surface area contributed by atoms with Crippen molar-refractivity contribution in [1.82, 2.24) is 10.1 Å². The van der Waals surface area contributed by atoms with Gasteiger partial charge in [-0.3, -0.25) is 0 Å². The van der Waals surface area contributed by atoms with Crippen LogP contribution in [0.2, 0.25) is 5.02 Å². The number of carbonyl (C=O) groups is 1. The zero-order valence-electron chi connectivity index (χ0n) is 13.2. The Morgan fingerprint density at radius 2 is 1.88 bits per heavy atom. The van der Waals surface area contributed by atoms with E-state index in [4.69, 9.17) is 20.9 Å². The van der Waals surface area contributed by atoms with Gasteiger partial charge in [-0.1, -0.05) is 22.8 Å². The topological polar surface area (TPSA) is 65.2 Å². The summed E-state index contributed by atoms with van der Waals surface area (Å²) in [7, 11) is 0. The van der Waals surface area contributed by atoms with Crippen LogP contribution in [0.1, 0.15) is 27.4 Å². The molecule has 0 N–H and O–H groups in total. The van der Waals surface area contributed by atoms with Gasteiger partial charge in [-0.2, -0.15) is 4.98 Å². The zero-order valence-corrected chi connectivity index (χ0v) is 14.0. The van der Waals surface area contributed by atoms with Gasteiger partial charge in [0, 0.05) is 10.6 Å². The van der Waals surface area contributed by atoms with Crippen LogP contribution in [0.15, 0.2) is 47.0 Å². The largest absolute Gasteiger partial charge is 0.452 e. The van der Waals surface area contributed by atoms with Crippen molar-refractivity contribution in [3.8, 4) is 11.4 Å². The van der Waals surface area contributed by atoms with Gasteiger partial charge >= 0.3 is 5.97 Å². The second kappa shape index (κ2) is 6.84. The van der Waals surface area contributed by atoms with Crippen LogP contribution in [-0.4, -0.2) is 16.1 Å². The van der Waals surface area contributed by atoms with Crippen LogP contribution in [0.3, 0.4) is 0 Å². The van der Waals surface area contributed by atoms with Crippen molar-refractivity contribution in [1.29, 1.82) is 0 Å². The number of halogens is 1. The average molecular weight is 343 g/mol. The van der Waals surface area contributed by atoms with Crippen LogP contribution in [-0.2, 0) is 11.3 Å². The lowest BCUT2D eigenvalue weighted by Gasteiger charge is -2.04. The molecule has 2 aromatic carbocycles. The maximum absolute atomic E-state index is 12.1. The van der Waals surface area contributed by atoms with Gasteiger partial charge in [-0.15, -0.1) is 0 Å². The van der Waals surface area contributed by atoms with Gasteiger partial charge in [0.05, 0.1) is 5.56 Å². The molecule has 122 valence electrons. The summed E-state index contributed by atoms with van der Waals surface area (Å²) in [5.41, 5.74) is 3.42. The lowest BCUT2D eigenvalue weighted by molar-refractivity contribution is 0.0429. The second-order valence-corrected chi connectivity index (χ2v) is 5.83. The van der Waals surface area contributed by atoms with E-state index in [9.17, 15) is 4.79 Å². The summed E-state index contributed by atoms with van der Waals surface area (Å²) in [6.07, 6.45) is 0. The van der Waals surface area contributed by atoms with Crippen molar-refractivity contribution >= 4 is 17.6 Å². The Labute approximate surface area is 144 Å².